The highest BCUT2D eigenvalue weighted by Gasteiger charge is 2.09. The zero-order valence-corrected chi connectivity index (χ0v) is 9.45. The van der Waals surface area contributed by atoms with Gasteiger partial charge in [0.25, 0.3) is 0 Å². The number of hydrogen-bond donors (Lipinski definition) is 1. The Bertz CT molecular complexity index is 503. The maximum absolute atomic E-state index is 10.9. The van der Waals surface area contributed by atoms with Crippen molar-refractivity contribution in [2.45, 2.75) is 0 Å². The lowest BCUT2D eigenvalue weighted by Gasteiger charge is -2.05. The zero-order valence-electron chi connectivity index (χ0n) is 8.64. The summed E-state index contributed by atoms with van der Waals surface area (Å²) in [5.41, 5.74) is 1.11. The van der Waals surface area contributed by atoms with Crippen LogP contribution in [0.15, 0.2) is 35.7 Å². The van der Waals surface area contributed by atoms with Gasteiger partial charge < -0.3 is 9.84 Å². The quantitative estimate of drug-likeness (QED) is 0.887. The van der Waals surface area contributed by atoms with E-state index in [1.165, 1.54) is 13.2 Å². The molecule has 4 heteroatoms. The van der Waals surface area contributed by atoms with Gasteiger partial charge in [-0.05, 0) is 35.2 Å². The second kappa shape index (κ2) is 4.37. The Morgan fingerprint density at radius 2 is 2.19 bits per heavy atom. The summed E-state index contributed by atoms with van der Waals surface area (Å²) >= 11 is 1.57. The van der Waals surface area contributed by atoms with Crippen LogP contribution in [0.4, 0.5) is 0 Å². The van der Waals surface area contributed by atoms with Crippen molar-refractivity contribution >= 4 is 17.3 Å². The molecule has 0 saturated carbocycles. The third-order valence-corrected chi connectivity index (χ3v) is 3.11. The van der Waals surface area contributed by atoms with Crippen molar-refractivity contribution < 1.29 is 14.6 Å². The largest absolute Gasteiger partial charge is 0.497 e. The minimum absolute atomic E-state index is 0.239. The molecule has 2 rings (SSSR count). The summed E-state index contributed by atoms with van der Waals surface area (Å²) < 4.78 is 5.09. The second-order valence-corrected chi connectivity index (χ2v) is 4.18. The van der Waals surface area contributed by atoms with Crippen LogP contribution in [0.3, 0.4) is 0 Å². The molecule has 0 atom stereocenters. The monoisotopic (exact) mass is 234 g/mol. The van der Waals surface area contributed by atoms with Gasteiger partial charge in [-0.2, -0.15) is 0 Å². The Labute approximate surface area is 96.9 Å². The fraction of sp³-hybridized carbons (Fsp3) is 0.0833. The Balaban J connectivity index is 2.53. The number of ether oxygens (including phenoxy) is 1. The minimum atomic E-state index is -0.947. The molecule has 0 fully saturated rings. The number of carboxylic acid groups (broad SMARTS) is 1. The summed E-state index contributed by atoms with van der Waals surface area (Å²) in [4.78, 5) is 12.0. The minimum Gasteiger partial charge on any atom is -0.497 e. The van der Waals surface area contributed by atoms with Gasteiger partial charge in [0.15, 0.2) is 0 Å². The van der Waals surface area contributed by atoms with Crippen LogP contribution in [0.2, 0.25) is 0 Å². The maximum Gasteiger partial charge on any atom is 0.335 e. The topological polar surface area (TPSA) is 46.5 Å². The molecule has 0 unspecified atom stereocenters. The first-order valence-electron chi connectivity index (χ1n) is 4.67. The lowest BCUT2D eigenvalue weighted by molar-refractivity contribution is 0.0696. The first-order valence-corrected chi connectivity index (χ1v) is 5.55. The van der Waals surface area contributed by atoms with Crippen LogP contribution in [0.1, 0.15) is 10.4 Å². The van der Waals surface area contributed by atoms with Crippen molar-refractivity contribution in [3.05, 3.63) is 41.3 Å². The van der Waals surface area contributed by atoms with Crippen molar-refractivity contribution in [1.29, 1.82) is 0 Å². The van der Waals surface area contributed by atoms with Crippen molar-refractivity contribution in [2.75, 3.05) is 7.11 Å². The molecule has 3 nitrogen and oxygen atoms in total. The number of carboxylic acids is 1. The van der Waals surface area contributed by atoms with Crippen molar-refractivity contribution in [3.63, 3.8) is 0 Å². The number of rotatable bonds is 3. The SMILES string of the molecule is COc1cc(C(=O)O)cc(-c2cccs2)c1. The van der Waals surface area contributed by atoms with Crippen LogP contribution < -0.4 is 4.74 Å². The first-order chi connectivity index (χ1) is 7.70. The smallest absolute Gasteiger partial charge is 0.335 e. The standard InChI is InChI=1S/C12H10O3S/c1-15-10-6-8(11-3-2-4-16-11)5-9(7-10)12(13)14/h2-7H,1H3,(H,13,14). The van der Waals surface area contributed by atoms with Crippen LogP contribution in [-0.4, -0.2) is 18.2 Å². The predicted octanol–water partition coefficient (Wildman–Crippen LogP) is 3.12. The second-order valence-electron chi connectivity index (χ2n) is 3.23. The van der Waals surface area contributed by atoms with Crippen LogP contribution in [0.5, 0.6) is 5.75 Å². The molecule has 16 heavy (non-hydrogen) atoms. The molecule has 0 saturated heterocycles. The Morgan fingerprint density at radius 1 is 1.38 bits per heavy atom. The van der Waals surface area contributed by atoms with E-state index in [0.29, 0.717) is 5.75 Å². The van der Waals surface area contributed by atoms with Crippen LogP contribution in [0, 0.1) is 0 Å². The summed E-state index contributed by atoms with van der Waals surface area (Å²) in [5.74, 6) is -0.389. The van der Waals surface area contributed by atoms with Gasteiger partial charge in [0.1, 0.15) is 5.75 Å². The molecule has 82 valence electrons. The Morgan fingerprint density at radius 3 is 2.75 bits per heavy atom. The summed E-state index contributed by atoms with van der Waals surface area (Å²) in [6.07, 6.45) is 0. The molecule has 0 radical (unpaired) electrons. The van der Waals surface area contributed by atoms with E-state index in [1.807, 2.05) is 23.6 Å². The summed E-state index contributed by atoms with van der Waals surface area (Å²) in [6.45, 7) is 0. The van der Waals surface area contributed by atoms with Gasteiger partial charge in [-0.15, -0.1) is 11.3 Å². The van der Waals surface area contributed by atoms with Crippen molar-refractivity contribution in [2.24, 2.45) is 0 Å². The van der Waals surface area contributed by atoms with Gasteiger partial charge in [0.2, 0.25) is 0 Å². The summed E-state index contributed by atoms with van der Waals surface area (Å²) in [7, 11) is 1.53. The molecule has 0 aliphatic carbocycles. The van der Waals surface area contributed by atoms with Gasteiger partial charge in [0.05, 0.1) is 12.7 Å². The fourth-order valence-electron chi connectivity index (χ4n) is 1.43. The molecule has 0 amide bonds. The average Bonchev–Trinajstić information content (AvgIpc) is 2.81. The van der Waals surface area contributed by atoms with E-state index in [2.05, 4.69) is 0 Å². The van der Waals surface area contributed by atoms with E-state index in [9.17, 15) is 4.79 Å². The van der Waals surface area contributed by atoms with E-state index >= 15 is 0 Å². The van der Waals surface area contributed by atoms with Crippen LogP contribution in [0.25, 0.3) is 10.4 Å². The highest BCUT2D eigenvalue weighted by Crippen LogP contribution is 2.29. The number of hydrogen-bond acceptors (Lipinski definition) is 3. The van der Waals surface area contributed by atoms with E-state index in [0.717, 1.165) is 10.4 Å². The number of aromatic carboxylic acids is 1. The van der Waals surface area contributed by atoms with Gasteiger partial charge in [-0.1, -0.05) is 6.07 Å². The van der Waals surface area contributed by atoms with Gasteiger partial charge in [-0.25, -0.2) is 4.79 Å². The Hall–Kier alpha value is -1.81. The molecular weight excluding hydrogens is 224 g/mol. The number of benzene rings is 1. The highest BCUT2D eigenvalue weighted by molar-refractivity contribution is 7.13. The molecule has 0 bridgehead atoms. The van der Waals surface area contributed by atoms with Gasteiger partial charge in [0, 0.05) is 4.88 Å². The molecule has 1 heterocycles. The third-order valence-electron chi connectivity index (χ3n) is 2.19. The zero-order chi connectivity index (χ0) is 11.5. The average molecular weight is 234 g/mol. The molecule has 2 aromatic rings. The van der Waals surface area contributed by atoms with Gasteiger partial charge >= 0.3 is 5.97 Å². The summed E-state index contributed by atoms with van der Waals surface area (Å²) in [6, 6.07) is 8.87. The lowest BCUT2D eigenvalue weighted by Crippen LogP contribution is -1.97. The molecule has 0 spiro atoms. The first kappa shape index (κ1) is 10.7. The van der Waals surface area contributed by atoms with E-state index < -0.39 is 5.97 Å². The number of carbonyl (C=O) groups is 1. The van der Waals surface area contributed by atoms with Crippen LogP contribution in [-0.2, 0) is 0 Å². The fourth-order valence-corrected chi connectivity index (χ4v) is 2.14. The molecule has 1 aromatic carbocycles. The van der Waals surface area contributed by atoms with Gasteiger partial charge in [-0.3, -0.25) is 0 Å². The molecule has 0 aliphatic heterocycles. The van der Waals surface area contributed by atoms with E-state index in [1.54, 1.807) is 17.4 Å². The molecule has 1 N–H and O–H groups in total. The van der Waals surface area contributed by atoms with Crippen molar-refractivity contribution in [3.8, 4) is 16.2 Å². The van der Waals surface area contributed by atoms with Crippen LogP contribution >= 0.6 is 11.3 Å². The molecular formula is C12H10O3S. The van der Waals surface area contributed by atoms with E-state index in [-0.39, 0.29) is 5.56 Å². The van der Waals surface area contributed by atoms with Crippen molar-refractivity contribution in [1.82, 2.24) is 0 Å². The maximum atomic E-state index is 10.9. The predicted molar refractivity (Wildman–Crippen MR) is 63.3 cm³/mol. The van der Waals surface area contributed by atoms with E-state index in [4.69, 9.17) is 9.84 Å². The normalized spacial score (nSPS) is 10.1. The number of thiophene rings is 1. The molecule has 0 aliphatic rings. The number of methoxy groups -OCH3 is 1. The molecule has 1 aromatic heterocycles. The highest BCUT2D eigenvalue weighted by atomic mass is 32.1. The summed E-state index contributed by atoms with van der Waals surface area (Å²) in [5, 5.41) is 10.9. The third kappa shape index (κ3) is 2.06. The Kier molecular flexibility index (Phi) is 2.92. The lowest BCUT2D eigenvalue weighted by atomic mass is 10.1.